The van der Waals surface area contributed by atoms with Gasteiger partial charge in [0.15, 0.2) is 0 Å². The molecule has 0 heterocycles. The van der Waals surface area contributed by atoms with E-state index in [0.717, 1.165) is 0 Å². The zero-order valence-corrected chi connectivity index (χ0v) is 10.6. The van der Waals surface area contributed by atoms with Crippen LogP contribution in [0.25, 0.3) is 0 Å². The Hall–Kier alpha value is -1.03. The second kappa shape index (κ2) is 6.05. The minimum atomic E-state index is -4.25. The fraction of sp³-hybridized carbons (Fsp3) is 0.538. The maximum absolute atomic E-state index is 12.2. The summed E-state index contributed by atoms with van der Waals surface area (Å²) in [5.74, 6) is 0. The molecule has 98 valence electrons. The number of halogens is 3. The minimum Gasteiger partial charge on any atom is -0.386 e. The van der Waals surface area contributed by atoms with Gasteiger partial charge in [0.2, 0.25) is 0 Å². The van der Waals surface area contributed by atoms with Crippen LogP contribution in [0, 0.1) is 0 Å². The lowest BCUT2D eigenvalue weighted by Crippen LogP contribution is -2.21. The molecule has 17 heavy (non-hydrogen) atoms. The average molecular weight is 248 g/mol. The topological polar surface area (TPSA) is 20.2 Å². The molecule has 0 spiro atoms. The Bertz CT molecular complexity index is 337. The van der Waals surface area contributed by atoms with Gasteiger partial charge in [0.25, 0.3) is 0 Å². The van der Waals surface area contributed by atoms with Crippen molar-refractivity contribution in [3.05, 3.63) is 35.4 Å². The van der Waals surface area contributed by atoms with Crippen molar-refractivity contribution < 1.29 is 18.3 Å². The molecular formula is C13H19F3O. The number of hydrogen-bond acceptors (Lipinski definition) is 1. The predicted octanol–water partition coefficient (Wildman–Crippen LogP) is 4.05. The molecule has 0 aliphatic heterocycles. The van der Waals surface area contributed by atoms with Gasteiger partial charge in [-0.25, -0.2) is 0 Å². The second-order valence-electron chi connectivity index (χ2n) is 4.01. The molecule has 0 saturated heterocycles. The van der Waals surface area contributed by atoms with Crippen LogP contribution in [0.3, 0.4) is 0 Å². The van der Waals surface area contributed by atoms with Gasteiger partial charge in [0, 0.05) is 0 Å². The first-order valence-corrected chi connectivity index (χ1v) is 5.58. The third kappa shape index (κ3) is 5.73. The van der Waals surface area contributed by atoms with E-state index < -0.39 is 18.2 Å². The molecule has 4 heteroatoms. The Morgan fingerprint density at radius 3 is 1.94 bits per heavy atom. The Labute approximate surface area is 100 Å². The van der Waals surface area contributed by atoms with E-state index in [4.69, 9.17) is 0 Å². The zero-order valence-electron chi connectivity index (χ0n) is 10.6. The molecule has 1 aromatic carbocycles. The van der Waals surface area contributed by atoms with Gasteiger partial charge in [0.1, 0.15) is 0 Å². The van der Waals surface area contributed by atoms with Gasteiger partial charge in [-0.15, -0.1) is 0 Å². The third-order valence-corrected chi connectivity index (χ3v) is 2.07. The molecule has 0 atom stereocenters. The summed E-state index contributed by atoms with van der Waals surface area (Å²) in [6, 6.07) is 6.06. The molecule has 1 aromatic rings. The monoisotopic (exact) mass is 248 g/mol. The van der Waals surface area contributed by atoms with Gasteiger partial charge in [-0.05, 0) is 25.0 Å². The van der Waals surface area contributed by atoms with Crippen molar-refractivity contribution in [2.75, 3.05) is 0 Å². The summed E-state index contributed by atoms with van der Waals surface area (Å²) in [6.45, 7) is 6.95. The highest BCUT2D eigenvalue weighted by Crippen LogP contribution is 2.29. The Morgan fingerprint density at radius 1 is 1.06 bits per heavy atom. The summed E-state index contributed by atoms with van der Waals surface area (Å²) >= 11 is 0. The maximum Gasteiger partial charge on any atom is 0.393 e. The van der Waals surface area contributed by atoms with E-state index in [2.05, 4.69) is 0 Å². The Morgan fingerprint density at radius 2 is 1.53 bits per heavy atom. The van der Waals surface area contributed by atoms with Crippen LogP contribution in [0.1, 0.15) is 38.8 Å². The van der Waals surface area contributed by atoms with Crippen LogP contribution in [0.15, 0.2) is 24.3 Å². The first kappa shape index (κ1) is 16.0. The Kier molecular flexibility index (Phi) is 5.69. The van der Waals surface area contributed by atoms with E-state index in [0.29, 0.717) is 5.56 Å². The largest absolute Gasteiger partial charge is 0.393 e. The van der Waals surface area contributed by atoms with E-state index in [9.17, 15) is 18.3 Å². The molecule has 1 rings (SSSR count). The molecule has 0 radical (unpaired) electrons. The van der Waals surface area contributed by atoms with Crippen molar-refractivity contribution in [3.8, 4) is 0 Å². The highest BCUT2D eigenvalue weighted by atomic mass is 19.4. The molecule has 0 aliphatic rings. The normalized spacial score (nSPS) is 11.8. The first-order chi connectivity index (χ1) is 7.70. The number of benzene rings is 1. The fourth-order valence-corrected chi connectivity index (χ4v) is 1.49. The summed E-state index contributed by atoms with van der Waals surface area (Å²) in [7, 11) is 0. The standard InChI is InChI=1S/C11H13F3O.C2H6/c1-10(2,15)9-6-4-3-5-8(9)7-11(12,13)14;1-2/h3-6,15H,7H2,1-2H3;1-2H3. The van der Waals surface area contributed by atoms with Crippen LogP contribution < -0.4 is 0 Å². The van der Waals surface area contributed by atoms with Gasteiger partial charge >= 0.3 is 6.18 Å². The molecule has 0 aromatic heterocycles. The summed E-state index contributed by atoms with van der Waals surface area (Å²) in [5, 5.41) is 9.70. The van der Waals surface area contributed by atoms with E-state index in [1.54, 1.807) is 6.07 Å². The van der Waals surface area contributed by atoms with Crippen molar-refractivity contribution in [1.29, 1.82) is 0 Å². The van der Waals surface area contributed by atoms with Crippen molar-refractivity contribution in [2.24, 2.45) is 0 Å². The van der Waals surface area contributed by atoms with Crippen LogP contribution in [-0.4, -0.2) is 11.3 Å². The van der Waals surface area contributed by atoms with E-state index in [1.165, 1.54) is 32.0 Å². The number of rotatable bonds is 2. The van der Waals surface area contributed by atoms with Gasteiger partial charge in [0.05, 0.1) is 12.0 Å². The van der Waals surface area contributed by atoms with Crippen molar-refractivity contribution in [1.82, 2.24) is 0 Å². The summed E-state index contributed by atoms with van der Waals surface area (Å²) in [5.41, 5.74) is -0.804. The van der Waals surface area contributed by atoms with E-state index >= 15 is 0 Å². The first-order valence-electron chi connectivity index (χ1n) is 5.58. The SMILES string of the molecule is CC.CC(C)(O)c1ccccc1CC(F)(F)F. The number of alkyl halides is 3. The summed E-state index contributed by atoms with van der Waals surface area (Å²) < 4.78 is 36.7. The van der Waals surface area contributed by atoms with Crippen LogP contribution >= 0.6 is 0 Å². The highest BCUT2D eigenvalue weighted by Gasteiger charge is 2.31. The van der Waals surface area contributed by atoms with Gasteiger partial charge < -0.3 is 5.11 Å². The van der Waals surface area contributed by atoms with E-state index in [-0.39, 0.29) is 5.56 Å². The maximum atomic E-state index is 12.2. The van der Waals surface area contributed by atoms with Crippen LogP contribution in [0.2, 0.25) is 0 Å². The van der Waals surface area contributed by atoms with Crippen molar-refractivity contribution in [2.45, 2.75) is 45.9 Å². The average Bonchev–Trinajstić information content (AvgIpc) is 2.17. The molecular weight excluding hydrogens is 229 g/mol. The molecule has 0 aliphatic carbocycles. The van der Waals surface area contributed by atoms with Crippen molar-refractivity contribution >= 4 is 0 Å². The number of aliphatic hydroxyl groups is 1. The molecule has 0 fully saturated rings. The van der Waals surface area contributed by atoms with Crippen LogP contribution in [-0.2, 0) is 12.0 Å². The van der Waals surface area contributed by atoms with Crippen LogP contribution in [0.5, 0.6) is 0 Å². The molecule has 0 amide bonds. The highest BCUT2D eigenvalue weighted by molar-refractivity contribution is 5.32. The van der Waals surface area contributed by atoms with E-state index in [1.807, 2.05) is 13.8 Å². The second-order valence-corrected chi connectivity index (χ2v) is 4.01. The summed E-state index contributed by atoms with van der Waals surface area (Å²) in [4.78, 5) is 0. The molecule has 1 nitrogen and oxygen atoms in total. The predicted molar refractivity (Wildman–Crippen MR) is 62.8 cm³/mol. The van der Waals surface area contributed by atoms with Crippen LogP contribution in [0.4, 0.5) is 13.2 Å². The number of hydrogen-bond donors (Lipinski definition) is 1. The van der Waals surface area contributed by atoms with Gasteiger partial charge in [-0.3, -0.25) is 0 Å². The lowest BCUT2D eigenvalue weighted by Gasteiger charge is -2.22. The fourth-order valence-electron chi connectivity index (χ4n) is 1.49. The molecule has 0 bridgehead atoms. The Balaban J connectivity index is 0.00000121. The lowest BCUT2D eigenvalue weighted by molar-refractivity contribution is -0.127. The molecule has 0 saturated carbocycles. The zero-order chi connectivity index (χ0) is 13.7. The van der Waals surface area contributed by atoms with Crippen molar-refractivity contribution in [3.63, 3.8) is 0 Å². The summed E-state index contributed by atoms with van der Waals surface area (Å²) in [6.07, 6.45) is -5.26. The minimum absolute atomic E-state index is 0.123. The van der Waals surface area contributed by atoms with Gasteiger partial charge in [-0.2, -0.15) is 13.2 Å². The molecule has 1 N–H and O–H groups in total. The third-order valence-electron chi connectivity index (χ3n) is 2.07. The molecule has 0 unspecified atom stereocenters. The smallest absolute Gasteiger partial charge is 0.386 e. The lowest BCUT2D eigenvalue weighted by atomic mass is 9.92. The quantitative estimate of drug-likeness (QED) is 0.837. The van der Waals surface area contributed by atoms with Gasteiger partial charge in [-0.1, -0.05) is 38.1 Å².